The van der Waals surface area contributed by atoms with Gasteiger partial charge in [-0.1, -0.05) is 6.07 Å². The summed E-state index contributed by atoms with van der Waals surface area (Å²) in [6.07, 6.45) is 3.36. The van der Waals surface area contributed by atoms with Crippen LogP contribution in [0.3, 0.4) is 0 Å². The first-order valence-corrected chi connectivity index (χ1v) is 5.52. The van der Waals surface area contributed by atoms with Crippen molar-refractivity contribution in [2.45, 2.75) is 0 Å². The van der Waals surface area contributed by atoms with Gasteiger partial charge in [-0.25, -0.2) is 0 Å². The van der Waals surface area contributed by atoms with Gasteiger partial charge in [0.2, 0.25) is 5.56 Å². The van der Waals surface area contributed by atoms with E-state index in [1.165, 1.54) is 12.1 Å². The van der Waals surface area contributed by atoms with Crippen LogP contribution in [0.15, 0.2) is 59.7 Å². The first-order chi connectivity index (χ1) is 9.16. The number of aromatic amines is 2. The molecule has 0 aliphatic rings. The zero-order valence-corrected chi connectivity index (χ0v) is 9.87. The Kier molecular flexibility index (Phi) is 3.72. The Labute approximate surface area is 107 Å². The maximum Gasteiger partial charge on any atom is 0.270 e. The fraction of sp³-hybridized carbons (Fsp3) is 0. The Morgan fingerprint density at radius 1 is 1.00 bits per heavy atom. The maximum atomic E-state index is 10.4. The second-order valence-corrected chi connectivity index (χ2v) is 3.73. The van der Waals surface area contributed by atoms with E-state index in [2.05, 4.69) is 9.97 Å². The smallest absolute Gasteiger partial charge is 0.270 e. The molecule has 3 aromatic rings. The SMILES string of the molecule is O=[N+]([O-])c1ccc2[nH]ccc2c1.O=c1cccc[nH]1. The molecule has 2 N–H and O–H groups in total. The number of nitro groups is 1. The molecular formula is C13H11N3O3. The Morgan fingerprint density at radius 3 is 2.42 bits per heavy atom. The molecule has 0 spiro atoms. The first kappa shape index (κ1) is 12.6. The van der Waals surface area contributed by atoms with Crippen LogP contribution in [0.5, 0.6) is 0 Å². The quantitative estimate of drug-likeness (QED) is 0.518. The van der Waals surface area contributed by atoms with Crippen LogP contribution in [0.4, 0.5) is 5.69 Å². The molecule has 0 saturated heterocycles. The number of nitro benzene ring substituents is 1. The molecule has 2 aromatic heterocycles. The number of pyridine rings is 1. The molecule has 0 bridgehead atoms. The molecule has 1 aromatic carbocycles. The summed E-state index contributed by atoms with van der Waals surface area (Å²) in [4.78, 5) is 25.6. The number of hydrogen-bond donors (Lipinski definition) is 2. The van der Waals surface area contributed by atoms with Gasteiger partial charge in [-0.3, -0.25) is 14.9 Å². The molecule has 2 heterocycles. The number of non-ortho nitro benzene ring substituents is 1. The van der Waals surface area contributed by atoms with E-state index in [1.807, 2.05) is 6.07 Å². The molecule has 3 rings (SSSR count). The number of fused-ring (bicyclic) bond motifs is 1. The molecule has 6 nitrogen and oxygen atoms in total. The standard InChI is InChI=1S/C8H6N2O2.C5H5NO/c11-10(12)7-1-2-8-6(5-7)3-4-9-8;7-5-3-1-2-4-6-5/h1-5,9H;1-4H,(H,6,7). The summed E-state index contributed by atoms with van der Waals surface area (Å²) in [7, 11) is 0. The van der Waals surface area contributed by atoms with E-state index in [1.54, 1.807) is 36.7 Å². The van der Waals surface area contributed by atoms with E-state index >= 15 is 0 Å². The molecule has 96 valence electrons. The van der Waals surface area contributed by atoms with Gasteiger partial charge < -0.3 is 9.97 Å². The predicted octanol–water partition coefficient (Wildman–Crippen LogP) is 2.45. The third-order valence-electron chi connectivity index (χ3n) is 2.43. The molecule has 6 heteroatoms. The Hall–Kier alpha value is -2.89. The molecule has 19 heavy (non-hydrogen) atoms. The highest BCUT2D eigenvalue weighted by molar-refractivity contribution is 5.81. The van der Waals surface area contributed by atoms with Crippen molar-refractivity contribution in [1.29, 1.82) is 0 Å². The Morgan fingerprint density at radius 2 is 1.84 bits per heavy atom. The largest absolute Gasteiger partial charge is 0.361 e. The van der Waals surface area contributed by atoms with Gasteiger partial charge in [0.25, 0.3) is 5.69 Å². The summed E-state index contributed by atoms with van der Waals surface area (Å²) in [6, 6.07) is 11.5. The second kappa shape index (κ2) is 5.63. The zero-order valence-electron chi connectivity index (χ0n) is 9.87. The number of H-pyrrole nitrogens is 2. The van der Waals surface area contributed by atoms with Crippen molar-refractivity contribution in [2.24, 2.45) is 0 Å². The van der Waals surface area contributed by atoms with Crippen LogP contribution >= 0.6 is 0 Å². The number of aromatic nitrogens is 2. The summed E-state index contributed by atoms with van der Waals surface area (Å²) < 4.78 is 0. The molecule has 0 aliphatic carbocycles. The number of hydrogen-bond acceptors (Lipinski definition) is 3. The third-order valence-corrected chi connectivity index (χ3v) is 2.43. The molecule has 0 aliphatic heterocycles. The van der Waals surface area contributed by atoms with E-state index in [0.29, 0.717) is 0 Å². The fourth-order valence-electron chi connectivity index (χ4n) is 1.53. The minimum Gasteiger partial charge on any atom is -0.361 e. The molecule has 0 amide bonds. The van der Waals surface area contributed by atoms with Crippen LogP contribution in [-0.4, -0.2) is 14.9 Å². The summed E-state index contributed by atoms with van der Waals surface area (Å²) in [5, 5.41) is 11.2. The monoisotopic (exact) mass is 257 g/mol. The van der Waals surface area contributed by atoms with Crippen LogP contribution in [0.1, 0.15) is 0 Å². The highest BCUT2D eigenvalue weighted by Crippen LogP contribution is 2.18. The normalized spacial score (nSPS) is 9.68. The van der Waals surface area contributed by atoms with Crippen molar-refractivity contribution in [1.82, 2.24) is 9.97 Å². The van der Waals surface area contributed by atoms with Gasteiger partial charge in [-0.15, -0.1) is 0 Å². The lowest BCUT2D eigenvalue weighted by Gasteiger charge is -1.90. The third kappa shape index (κ3) is 3.29. The van der Waals surface area contributed by atoms with Crippen molar-refractivity contribution in [3.05, 3.63) is 75.3 Å². The summed E-state index contributed by atoms with van der Waals surface area (Å²) >= 11 is 0. The first-order valence-electron chi connectivity index (χ1n) is 5.52. The highest BCUT2D eigenvalue weighted by Gasteiger charge is 2.05. The van der Waals surface area contributed by atoms with Crippen molar-refractivity contribution in [3.63, 3.8) is 0 Å². The van der Waals surface area contributed by atoms with Crippen molar-refractivity contribution in [3.8, 4) is 0 Å². The number of nitrogens with one attached hydrogen (secondary N) is 2. The second-order valence-electron chi connectivity index (χ2n) is 3.73. The minimum absolute atomic E-state index is 0.0532. The van der Waals surface area contributed by atoms with Crippen LogP contribution in [0, 0.1) is 10.1 Å². The molecule has 0 saturated carbocycles. The predicted molar refractivity (Wildman–Crippen MR) is 72.0 cm³/mol. The average Bonchev–Trinajstić information content (AvgIpc) is 2.87. The van der Waals surface area contributed by atoms with Crippen LogP contribution in [0.25, 0.3) is 10.9 Å². The molecule has 0 unspecified atom stereocenters. The van der Waals surface area contributed by atoms with Crippen LogP contribution < -0.4 is 5.56 Å². The summed E-state index contributed by atoms with van der Waals surface area (Å²) in [5.41, 5.74) is 0.991. The fourth-order valence-corrected chi connectivity index (χ4v) is 1.53. The van der Waals surface area contributed by atoms with Gasteiger partial charge in [-0.2, -0.15) is 0 Å². The van der Waals surface area contributed by atoms with E-state index in [0.717, 1.165) is 10.9 Å². The lowest BCUT2D eigenvalue weighted by Crippen LogP contribution is -1.98. The van der Waals surface area contributed by atoms with Crippen molar-refractivity contribution in [2.75, 3.05) is 0 Å². The van der Waals surface area contributed by atoms with Gasteiger partial charge >= 0.3 is 0 Å². The maximum absolute atomic E-state index is 10.4. The number of nitrogens with zero attached hydrogens (tertiary/aromatic N) is 1. The van der Waals surface area contributed by atoms with Gasteiger partial charge in [0, 0.05) is 41.5 Å². The lowest BCUT2D eigenvalue weighted by atomic mass is 10.2. The van der Waals surface area contributed by atoms with E-state index in [4.69, 9.17) is 0 Å². The van der Waals surface area contributed by atoms with Crippen LogP contribution in [0.2, 0.25) is 0 Å². The summed E-state index contributed by atoms with van der Waals surface area (Å²) in [6.45, 7) is 0. The van der Waals surface area contributed by atoms with Crippen molar-refractivity contribution < 1.29 is 4.92 Å². The van der Waals surface area contributed by atoms with Crippen LogP contribution in [-0.2, 0) is 0 Å². The highest BCUT2D eigenvalue weighted by atomic mass is 16.6. The van der Waals surface area contributed by atoms with Gasteiger partial charge in [0.1, 0.15) is 0 Å². The average molecular weight is 257 g/mol. The molecule has 0 atom stereocenters. The van der Waals surface area contributed by atoms with E-state index < -0.39 is 4.92 Å². The molecular weight excluding hydrogens is 246 g/mol. The molecule has 0 fully saturated rings. The van der Waals surface area contributed by atoms with Gasteiger partial charge in [-0.05, 0) is 18.2 Å². The number of rotatable bonds is 1. The zero-order chi connectivity index (χ0) is 13.7. The summed E-state index contributed by atoms with van der Waals surface area (Å²) in [5.74, 6) is 0. The van der Waals surface area contributed by atoms with Gasteiger partial charge in [0.05, 0.1) is 4.92 Å². The van der Waals surface area contributed by atoms with Gasteiger partial charge in [0.15, 0.2) is 0 Å². The van der Waals surface area contributed by atoms with E-state index in [9.17, 15) is 14.9 Å². The topological polar surface area (TPSA) is 91.8 Å². The Balaban J connectivity index is 0.000000163. The van der Waals surface area contributed by atoms with Crippen molar-refractivity contribution >= 4 is 16.6 Å². The number of benzene rings is 1. The molecule has 0 radical (unpaired) electrons. The minimum atomic E-state index is -0.396. The Bertz CT molecular complexity index is 728. The lowest BCUT2D eigenvalue weighted by molar-refractivity contribution is -0.384. The van der Waals surface area contributed by atoms with E-state index in [-0.39, 0.29) is 11.2 Å².